The Morgan fingerprint density at radius 3 is 2.93 bits per heavy atom. The number of carbonyl (C=O) groups is 1. The Morgan fingerprint density at radius 2 is 2.17 bits per heavy atom. The van der Waals surface area contributed by atoms with Crippen molar-refractivity contribution in [1.82, 2.24) is 24.6 Å². The molecule has 0 radical (unpaired) electrons. The smallest absolute Gasteiger partial charge is 0.249 e. The van der Waals surface area contributed by atoms with Gasteiger partial charge in [-0.2, -0.15) is 0 Å². The summed E-state index contributed by atoms with van der Waals surface area (Å²) in [6.45, 7) is 3.33. The standard InChI is InChI=1S/C20H22ClN5O2S/c1-2-10-25-11-9-22-20(25)29-13-18(27)26(14-7-8-14)12-17-23-24-19(28-17)15-5-3-4-6-16(15)21/h3-6,9,11,14H,2,7-8,10,12-13H2,1H3. The molecule has 29 heavy (non-hydrogen) atoms. The molecule has 9 heteroatoms. The van der Waals surface area contributed by atoms with Gasteiger partial charge in [-0.3, -0.25) is 4.79 Å². The van der Waals surface area contributed by atoms with E-state index in [1.807, 2.05) is 29.3 Å². The highest BCUT2D eigenvalue weighted by molar-refractivity contribution is 7.99. The van der Waals surface area contributed by atoms with E-state index >= 15 is 0 Å². The quantitative estimate of drug-likeness (QED) is 0.470. The molecule has 0 bridgehead atoms. The highest BCUT2D eigenvalue weighted by Crippen LogP contribution is 2.31. The van der Waals surface area contributed by atoms with E-state index in [0.717, 1.165) is 31.0 Å². The Labute approximate surface area is 178 Å². The third-order valence-corrected chi connectivity index (χ3v) is 5.97. The molecule has 1 fully saturated rings. The second kappa shape index (κ2) is 9.00. The van der Waals surface area contributed by atoms with Crippen molar-refractivity contribution in [1.29, 1.82) is 0 Å². The van der Waals surface area contributed by atoms with E-state index in [4.69, 9.17) is 16.0 Å². The lowest BCUT2D eigenvalue weighted by atomic mass is 10.2. The van der Waals surface area contributed by atoms with Crippen LogP contribution in [0.4, 0.5) is 0 Å². The number of halogens is 1. The van der Waals surface area contributed by atoms with E-state index in [2.05, 4.69) is 26.7 Å². The molecule has 1 amide bonds. The molecule has 0 spiro atoms. The molecule has 7 nitrogen and oxygen atoms in total. The van der Waals surface area contributed by atoms with Crippen LogP contribution in [-0.4, -0.2) is 42.4 Å². The summed E-state index contributed by atoms with van der Waals surface area (Å²) in [5.74, 6) is 1.17. The van der Waals surface area contributed by atoms with Crippen molar-refractivity contribution in [2.24, 2.45) is 0 Å². The lowest BCUT2D eigenvalue weighted by molar-refractivity contribution is -0.129. The Hall–Kier alpha value is -2.32. The molecule has 4 rings (SSSR count). The maximum Gasteiger partial charge on any atom is 0.249 e. The molecular weight excluding hydrogens is 410 g/mol. The molecule has 0 atom stereocenters. The number of aromatic nitrogens is 4. The second-order valence-corrected chi connectivity index (χ2v) is 8.28. The summed E-state index contributed by atoms with van der Waals surface area (Å²) >= 11 is 7.67. The normalized spacial score (nSPS) is 13.6. The summed E-state index contributed by atoms with van der Waals surface area (Å²) < 4.78 is 7.86. The molecule has 1 aliphatic rings. The number of thioether (sulfide) groups is 1. The maximum atomic E-state index is 12.9. The van der Waals surface area contributed by atoms with Crippen molar-refractivity contribution in [3.8, 4) is 11.5 Å². The monoisotopic (exact) mass is 431 g/mol. The average Bonchev–Trinajstić information content (AvgIpc) is 3.29. The van der Waals surface area contributed by atoms with Gasteiger partial charge in [0.25, 0.3) is 0 Å². The highest BCUT2D eigenvalue weighted by Gasteiger charge is 2.33. The fourth-order valence-electron chi connectivity index (χ4n) is 3.07. The van der Waals surface area contributed by atoms with Crippen molar-refractivity contribution < 1.29 is 9.21 Å². The molecule has 1 saturated carbocycles. The van der Waals surface area contributed by atoms with Gasteiger partial charge in [-0.05, 0) is 31.4 Å². The summed E-state index contributed by atoms with van der Waals surface area (Å²) in [4.78, 5) is 19.1. The predicted molar refractivity (Wildman–Crippen MR) is 112 cm³/mol. The number of aryl methyl sites for hydroxylation is 1. The van der Waals surface area contributed by atoms with Gasteiger partial charge in [0, 0.05) is 25.0 Å². The average molecular weight is 432 g/mol. The topological polar surface area (TPSA) is 77.1 Å². The van der Waals surface area contributed by atoms with Crippen LogP contribution in [0, 0.1) is 0 Å². The van der Waals surface area contributed by atoms with Crippen LogP contribution in [0.15, 0.2) is 46.2 Å². The SMILES string of the molecule is CCCn1ccnc1SCC(=O)N(Cc1nnc(-c2ccccc2Cl)o1)C1CC1. The maximum absolute atomic E-state index is 12.9. The zero-order valence-corrected chi connectivity index (χ0v) is 17.7. The molecule has 2 aromatic heterocycles. The summed E-state index contributed by atoms with van der Waals surface area (Å²) in [5, 5.41) is 9.65. The van der Waals surface area contributed by atoms with Crippen LogP contribution in [0.3, 0.4) is 0 Å². The molecule has 1 aromatic carbocycles. The van der Waals surface area contributed by atoms with Crippen LogP contribution >= 0.6 is 23.4 Å². The minimum atomic E-state index is 0.0565. The highest BCUT2D eigenvalue weighted by atomic mass is 35.5. The first-order valence-corrected chi connectivity index (χ1v) is 11.0. The van der Waals surface area contributed by atoms with Gasteiger partial charge in [0.1, 0.15) is 0 Å². The van der Waals surface area contributed by atoms with Gasteiger partial charge in [0.2, 0.25) is 17.7 Å². The van der Waals surface area contributed by atoms with E-state index < -0.39 is 0 Å². The van der Waals surface area contributed by atoms with Crippen LogP contribution in [0.2, 0.25) is 5.02 Å². The van der Waals surface area contributed by atoms with Gasteiger partial charge in [-0.15, -0.1) is 10.2 Å². The zero-order chi connectivity index (χ0) is 20.2. The molecular formula is C20H22ClN5O2S. The number of imidazole rings is 1. The Morgan fingerprint density at radius 1 is 1.34 bits per heavy atom. The van der Waals surface area contributed by atoms with Gasteiger partial charge >= 0.3 is 0 Å². The molecule has 0 unspecified atom stereocenters. The van der Waals surface area contributed by atoms with E-state index in [0.29, 0.717) is 34.7 Å². The molecule has 0 N–H and O–H groups in total. The summed E-state index contributed by atoms with van der Waals surface area (Å²) in [6, 6.07) is 7.57. The first-order chi connectivity index (χ1) is 14.2. The minimum Gasteiger partial charge on any atom is -0.419 e. The van der Waals surface area contributed by atoms with E-state index in [1.165, 1.54) is 11.8 Å². The third-order valence-electron chi connectivity index (χ3n) is 4.65. The lowest BCUT2D eigenvalue weighted by Gasteiger charge is -2.20. The number of benzene rings is 1. The number of nitrogens with zero attached hydrogens (tertiary/aromatic N) is 5. The first kappa shape index (κ1) is 20.0. The van der Waals surface area contributed by atoms with E-state index in [1.54, 1.807) is 12.3 Å². The van der Waals surface area contributed by atoms with Crippen molar-refractivity contribution in [3.05, 3.63) is 47.6 Å². The third kappa shape index (κ3) is 4.82. The predicted octanol–water partition coefficient (Wildman–Crippen LogP) is 4.28. The fraction of sp³-hybridized carbons (Fsp3) is 0.400. The van der Waals surface area contributed by atoms with Gasteiger partial charge in [-0.1, -0.05) is 42.4 Å². The summed E-state index contributed by atoms with van der Waals surface area (Å²) in [5.41, 5.74) is 0.690. The second-order valence-electron chi connectivity index (χ2n) is 6.93. The van der Waals surface area contributed by atoms with Crippen molar-refractivity contribution in [3.63, 3.8) is 0 Å². The Kier molecular flexibility index (Phi) is 6.20. The number of hydrogen-bond donors (Lipinski definition) is 0. The van der Waals surface area contributed by atoms with Crippen LogP contribution in [0.25, 0.3) is 11.5 Å². The number of carbonyl (C=O) groups excluding carboxylic acids is 1. The van der Waals surface area contributed by atoms with E-state index in [9.17, 15) is 4.79 Å². The van der Waals surface area contributed by atoms with Crippen LogP contribution in [0.5, 0.6) is 0 Å². The first-order valence-electron chi connectivity index (χ1n) is 9.66. The number of amides is 1. The zero-order valence-electron chi connectivity index (χ0n) is 16.1. The molecule has 2 heterocycles. The van der Waals surface area contributed by atoms with Crippen molar-refractivity contribution in [2.75, 3.05) is 5.75 Å². The largest absolute Gasteiger partial charge is 0.419 e. The molecule has 152 valence electrons. The summed E-state index contributed by atoms with van der Waals surface area (Å²) in [7, 11) is 0. The Balaban J connectivity index is 1.41. The van der Waals surface area contributed by atoms with Crippen LogP contribution in [0.1, 0.15) is 32.1 Å². The number of rotatable bonds is 9. The molecule has 1 aliphatic carbocycles. The molecule has 3 aromatic rings. The fourth-order valence-corrected chi connectivity index (χ4v) is 4.16. The van der Waals surface area contributed by atoms with Crippen molar-refractivity contribution in [2.45, 2.75) is 50.5 Å². The van der Waals surface area contributed by atoms with Gasteiger partial charge in [0.15, 0.2) is 5.16 Å². The number of hydrogen-bond acceptors (Lipinski definition) is 6. The molecule has 0 aliphatic heterocycles. The lowest BCUT2D eigenvalue weighted by Crippen LogP contribution is -2.34. The van der Waals surface area contributed by atoms with E-state index in [-0.39, 0.29) is 11.9 Å². The van der Waals surface area contributed by atoms with Gasteiger partial charge < -0.3 is 13.9 Å². The molecule has 0 saturated heterocycles. The summed E-state index contributed by atoms with van der Waals surface area (Å²) in [6.07, 6.45) is 6.76. The minimum absolute atomic E-state index is 0.0565. The van der Waals surface area contributed by atoms with Gasteiger partial charge in [-0.25, -0.2) is 4.98 Å². The van der Waals surface area contributed by atoms with Gasteiger partial charge in [0.05, 0.1) is 22.9 Å². The van der Waals surface area contributed by atoms with Crippen LogP contribution in [-0.2, 0) is 17.9 Å². The Bertz CT molecular complexity index is 985. The van der Waals surface area contributed by atoms with Crippen molar-refractivity contribution >= 4 is 29.3 Å². The van der Waals surface area contributed by atoms with Crippen LogP contribution < -0.4 is 0 Å².